The molecule has 14 heavy (non-hydrogen) atoms. The first kappa shape index (κ1) is 10.6. The van der Waals surface area contributed by atoms with Gasteiger partial charge in [-0.3, -0.25) is 0 Å². The van der Waals surface area contributed by atoms with Crippen molar-refractivity contribution in [2.24, 2.45) is 0 Å². The molecule has 0 fully saturated rings. The van der Waals surface area contributed by atoms with Crippen molar-refractivity contribution in [2.75, 3.05) is 21.2 Å². The molecule has 0 N–H and O–H groups in total. The number of ether oxygens (including phenoxy) is 1. The first-order chi connectivity index (χ1) is 6.63. The predicted octanol–water partition coefficient (Wildman–Crippen LogP) is 2.37. The molecule has 1 aromatic carbocycles. The lowest BCUT2D eigenvalue weighted by atomic mass is 10.2. The molecule has 3 heteroatoms. The predicted molar refractivity (Wildman–Crippen MR) is 55.7 cm³/mol. The highest BCUT2D eigenvalue weighted by molar-refractivity contribution is 5.51. The van der Waals surface area contributed by atoms with Crippen molar-refractivity contribution >= 4 is 6.08 Å². The average molecular weight is 195 g/mol. The van der Waals surface area contributed by atoms with Gasteiger partial charge in [-0.2, -0.15) is 0 Å². The van der Waals surface area contributed by atoms with E-state index in [1.165, 1.54) is 13.2 Å². The van der Waals surface area contributed by atoms with Gasteiger partial charge in [-0.25, -0.2) is 4.39 Å². The summed E-state index contributed by atoms with van der Waals surface area (Å²) in [5.74, 6) is -0.0691. The number of halogens is 1. The zero-order chi connectivity index (χ0) is 10.6. The van der Waals surface area contributed by atoms with Gasteiger partial charge in [-0.15, -0.1) is 0 Å². The molecular weight excluding hydrogens is 181 g/mol. The van der Waals surface area contributed by atoms with Gasteiger partial charge in [0.05, 0.1) is 7.11 Å². The van der Waals surface area contributed by atoms with Crippen LogP contribution in [0.25, 0.3) is 6.08 Å². The van der Waals surface area contributed by atoms with Crippen molar-refractivity contribution in [1.29, 1.82) is 0 Å². The van der Waals surface area contributed by atoms with Crippen LogP contribution in [0.2, 0.25) is 0 Å². The molecule has 0 saturated heterocycles. The first-order valence-corrected chi connectivity index (χ1v) is 4.31. The summed E-state index contributed by atoms with van der Waals surface area (Å²) in [5.41, 5.74) is 0.914. The van der Waals surface area contributed by atoms with Gasteiger partial charge >= 0.3 is 0 Å². The van der Waals surface area contributed by atoms with Crippen LogP contribution >= 0.6 is 0 Å². The molecule has 0 bridgehead atoms. The molecule has 0 heterocycles. The van der Waals surface area contributed by atoms with E-state index in [0.717, 1.165) is 5.56 Å². The molecule has 0 saturated carbocycles. The van der Waals surface area contributed by atoms with Gasteiger partial charge < -0.3 is 9.64 Å². The second-order valence-electron chi connectivity index (χ2n) is 3.17. The molecule has 1 aromatic rings. The Labute approximate surface area is 83.6 Å². The summed E-state index contributed by atoms with van der Waals surface area (Å²) in [5, 5.41) is 0. The summed E-state index contributed by atoms with van der Waals surface area (Å²) < 4.78 is 17.9. The minimum atomic E-state index is -0.338. The second kappa shape index (κ2) is 4.65. The van der Waals surface area contributed by atoms with Crippen molar-refractivity contribution < 1.29 is 9.13 Å². The van der Waals surface area contributed by atoms with Crippen molar-refractivity contribution in [3.05, 3.63) is 35.8 Å². The van der Waals surface area contributed by atoms with Gasteiger partial charge in [0.1, 0.15) is 0 Å². The zero-order valence-electron chi connectivity index (χ0n) is 8.62. The molecular formula is C11H14FNO. The van der Waals surface area contributed by atoms with E-state index in [1.54, 1.807) is 12.1 Å². The molecule has 76 valence electrons. The Morgan fingerprint density at radius 3 is 2.64 bits per heavy atom. The van der Waals surface area contributed by atoms with Crippen molar-refractivity contribution in [3.8, 4) is 5.75 Å². The lowest BCUT2D eigenvalue weighted by molar-refractivity contribution is 0.386. The average Bonchev–Trinajstić information content (AvgIpc) is 2.16. The Bertz CT molecular complexity index is 334. The second-order valence-corrected chi connectivity index (χ2v) is 3.17. The van der Waals surface area contributed by atoms with E-state index < -0.39 is 0 Å². The van der Waals surface area contributed by atoms with Gasteiger partial charge in [-0.05, 0) is 30.0 Å². The number of nitrogens with zero attached hydrogens (tertiary/aromatic N) is 1. The van der Waals surface area contributed by atoms with Gasteiger partial charge in [-0.1, -0.05) is 6.07 Å². The lowest BCUT2D eigenvalue weighted by Crippen LogP contribution is -1.99. The Hall–Kier alpha value is -1.51. The molecule has 0 spiro atoms. The molecule has 2 nitrogen and oxygen atoms in total. The molecule has 0 aliphatic rings. The molecule has 0 radical (unpaired) electrons. The Balaban J connectivity index is 2.89. The van der Waals surface area contributed by atoms with Crippen molar-refractivity contribution in [3.63, 3.8) is 0 Å². The van der Waals surface area contributed by atoms with E-state index in [-0.39, 0.29) is 11.6 Å². The summed E-state index contributed by atoms with van der Waals surface area (Å²) in [7, 11) is 5.31. The van der Waals surface area contributed by atoms with E-state index in [9.17, 15) is 4.39 Å². The normalized spacial score (nSPS) is 10.6. The largest absolute Gasteiger partial charge is 0.494 e. The number of methoxy groups -OCH3 is 1. The fourth-order valence-electron chi connectivity index (χ4n) is 1.02. The third-order valence-electron chi connectivity index (χ3n) is 1.74. The third-order valence-corrected chi connectivity index (χ3v) is 1.74. The smallest absolute Gasteiger partial charge is 0.165 e. The number of hydrogen-bond donors (Lipinski definition) is 0. The van der Waals surface area contributed by atoms with Crippen LogP contribution in [0.15, 0.2) is 24.4 Å². The van der Waals surface area contributed by atoms with Crippen molar-refractivity contribution in [2.45, 2.75) is 0 Å². The van der Waals surface area contributed by atoms with Gasteiger partial charge in [0.25, 0.3) is 0 Å². The van der Waals surface area contributed by atoms with Crippen LogP contribution in [-0.4, -0.2) is 26.1 Å². The molecule has 0 aliphatic carbocycles. The summed E-state index contributed by atoms with van der Waals surface area (Å²) in [6.07, 6.45) is 3.79. The first-order valence-electron chi connectivity index (χ1n) is 4.31. The molecule has 0 atom stereocenters. The van der Waals surface area contributed by atoms with Crippen LogP contribution in [0.1, 0.15) is 5.56 Å². The van der Waals surface area contributed by atoms with Crippen LogP contribution in [0.5, 0.6) is 5.75 Å². The van der Waals surface area contributed by atoms with E-state index in [2.05, 4.69) is 0 Å². The minimum absolute atomic E-state index is 0.269. The van der Waals surface area contributed by atoms with E-state index in [4.69, 9.17) is 4.74 Å². The molecule has 0 aromatic heterocycles. The minimum Gasteiger partial charge on any atom is -0.494 e. The lowest BCUT2D eigenvalue weighted by Gasteiger charge is -2.05. The molecule has 0 amide bonds. The summed E-state index contributed by atoms with van der Waals surface area (Å²) in [6, 6.07) is 4.77. The SMILES string of the molecule is COc1cc(C=CN(C)C)ccc1F. The highest BCUT2D eigenvalue weighted by atomic mass is 19.1. The van der Waals surface area contributed by atoms with Crippen molar-refractivity contribution in [1.82, 2.24) is 4.90 Å². The number of rotatable bonds is 3. The van der Waals surface area contributed by atoms with Gasteiger partial charge in [0.15, 0.2) is 11.6 Å². The zero-order valence-corrected chi connectivity index (χ0v) is 8.62. The van der Waals surface area contributed by atoms with Gasteiger partial charge in [0, 0.05) is 14.1 Å². The van der Waals surface area contributed by atoms with Crippen LogP contribution in [-0.2, 0) is 0 Å². The van der Waals surface area contributed by atoms with Crippen LogP contribution in [0, 0.1) is 5.82 Å². The van der Waals surface area contributed by atoms with Gasteiger partial charge in [0.2, 0.25) is 0 Å². The highest BCUT2D eigenvalue weighted by Gasteiger charge is 2.00. The summed E-state index contributed by atoms with van der Waals surface area (Å²) >= 11 is 0. The van der Waals surface area contributed by atoms with E-state index in [0.29, 0.717) is 0 Å². The fourth-order valence-corrected chi connectivity index (χ4v) is 1.02. The highest BCUT2D eigenvalue weighted by Crippen LogP contribution is 2.18. The number of hydrogen-bond acceptors (Lipinski definition) is 2. The maximum Gasteiger partial charge on any atom is 0.165 e. The van der Waals surface area contributed by atoms with Crippen LogP contribution < -0.4 is 4.74 Å². The molecule has 1 rings (SSSR count). The molecule has 0 aliphatic heterocycles. The summed E-state index contributed by atoms with van der Waals surface area (Å²) in [4.78, 5) is 1.91. The van der Waals surface area contributed by atoms with Crippen LogP contribution in [0.3, 0.4) is 0 Å². The van der Waals surface area contributed by atoms with Crippen LogP contribution in [0.4, 0.5) is 4.39 Å². The third kappa shape index (κ3) is 2.76. The molecule has 0 unspecified atom stereocenters. The Morgan fingerprint density at radius 1 is 1.36 bits per heavy atom. The van der Waals surface area contributed by atoms with E-state index in [1.807, 2.05) is 31.3 Å². The Morgan fingerprint density at radius 2 is 2.07 bits per heavy atom. The maximum absolute atomic E-state index is 13.0. The standard InChI is InChI=1S/C11H14FNO/c1-13(2)7-6-9-4-5-10(12)11(8-9)14-3/h4-8H,1-3H3. The quantitative estimate of drug-likeness (QED) is 0.734. The number of benzene rings is 1. The topological polar surface area (TPSA) is 12.5 Å². The Kier molecular flexibility index (Phi) is 3.51. The fraction of sp³-hybridized carbons (Fsp3) is 0.273. The summed E-state index contributed by atoms with van der Waals surface area (Å²) in [6.45, 7) is 0. The maximum atomic E-state index is 13.0. The van der Waals surface area contributed by atoms with E-state index >= 15 is 0 Å². The monoisotopic (exact) mass is 195 g/mol.